The van der Waals surface area contributed by atoms with Crippen LogP contribution in [-0.4, -0.2) is 52.4 Å². The van der Waals surface area contributed by atoms with E-state index in [0.29, 0.717) is 11.1 Å². The maximum Gasteiger partial charge on any atom is 1.00 e. The molecule has 2 amide bonds. The minimum absolute atomic E-state index is 0. The van der Waals surface area contributed by atoms with Gasteiger partial charge in [0, 0.05) is 23.8 Å². The van der Waals surface area contributed by atoms with Crippen LogP contribution in [0.2, 0.25) is 0 Å². The van der Waals surface area contributed by atoms with Gasteiger partial charge in [-0.15, -0.1) is 11.8 Å². The van der Waals surface area contributed by atoms with Crippen LogP contribution >= 0.6 is 11.8 Å². The number of hydrogen-bond acceptors (Lipinski definition) is 7. The van der Waals surface area contributed by atoms with Crippen LogP contribution in [0.15, 0.2) is 53.7 Å². The summed E-state index contributed by atoms with van der Waals surface area (Å²) in [6.07, 6.45) is 0. The fourth-order valence-electron chi connectivity index (χ4n) is 3.61. The van der Waals surface area contributed by atoms with Crippen molar-refractivity contribution in [2.24, 2.45) is 0 Å². The fourth-order valence-corrected chi connectivity index (χ4v) is 4.94. The average molecular weight is 448 g/mol. The molecule has 1 saturated heterocycles. The molecule has 2 atom stereocenters. The number of β-lactam (4-membered cyclic amide) rings is 1. The molecule has 0 aromatic heterocycles. The molecule has 154 valence electrons. The number of hydrogen-bond donors (Lipinski definition) is 1. The van der Waals surface area contributed by atoms with Crippen molar-refractivity contribution >= 4 is 46.3 Å². The van der Waals surface area contributed by atoms with E-state index in [1.807, 2.05) is 30.3 Å². The van der Waals surface area contributed by atoms with Crippen molar-refractivity contribution in [3.05, 3.63) is 59.3 Å². The number of nitrogens with zero attached hydrogens (tertiary/aromatic N) is 1. The van der Waals surface area contributed by atoms with Gasteiger partial charge in [-0.3, -0.25) is 19.3 Å². The van der Waals surface area contributed by atoms with E-state index in [1.54, 1.807) is 12.1 Å². The molecule has 1 unspecified atom stereocenters. The molecule has 0 bridgehead atoms. The minimum Gasteiger partial charge on any atom is -0.543 e. The average Bonchev–Trinajstić information content (AvgIpc) is 2.74. The van der Waals surface area contributed by atoms with Crippen LogP contribution in [0, 0.1) is 0 Å². The summed E-state index contributed by atoms with van der Waals surface area (Å²) in [7, 11) is 0. The summed E-state index contributed by atoms with van der Waals surface area (Å²) in [5, 5.41) is 15.5. The standard InChI is InChI=1S/C21H18N2O6S.Na/c1-11(24)29-9-13-10-30-20-16(19(26)23(20)17(13)21(27)28)22-18(25)15-8-4-6-12-5-2-3-7-14(12)15;/h2-8,16,20H,9-10H2,1H3,(H,22,25)(H,27,28);/q;+1/p-1/t16-,20?;/m1./s1. The third kappa shape index (κ3) is 4.36. The second-order valence-corrected chi connectivity index (χ2v) is 8.01. The molecule has 0 radical (unpaired) electrons. The summed E-state index contributed by atoms with van der Waals surface area (Å²) in [5.74, 6) is -2.78. The van der Waals surface area contributed by atoms with Gasteiger partial charge in [0.1, 0.15) is 18.0 Å². The van der Waals surface area contributed by atoms with Gasteiger partial charge in [0.05, 0.1) is 11.7 Å². The Kier molecular flexibility index (Phi) is 7.10. The smallest absolute Gasteiger partial charge is 0.543 e. The summed E-state index contributed by atoms with van der Waals surface area (Å²) in [6.45, 7) is 0.987. The monoisotopic (exact) mass is 448 g/mol. The van der Waals surface area contributed by atoms with Gasteiger partial charge in [-0.2, -0.15) is 0 Å². The number of thioether (sulfide) groups is 1. The van der Waals surface area contributed by atoms with E-state index < -0.39 is 35.2 Å². The first kappa shape index (κ1) is 23.3. The van der Waals surface area contributed by atoms with Crippen molar-refractivity contribution in [2.75, 3.05) is 12.4 Å². The van der Waals surface area contributed by atoms with Gasteiger partial charge in [0.15, 0.2) is 0 Å². The summed E-state index contributed by atoms with van der Waals surface area (Å²) in [5.41, 5.74) is 0.436. The van der Waals surface area contributed by atoms with E-state index >= 15 is 0 Å². The number of carbonyl (C=O) groups excluding carboxylic acids is 4. The van der Waals surface area contributed by atoms with Gasteiger partial charge < -0.3 is 20.0 Å². The number of amides is 2. The van der Waals surface area contributed by atoms with E-state index in [9.17, 15) is 24.3 Å². The van der Waals surface area contributed by atoms with Gasteiger partial charge in [-0.1, -0.05) is 36.4 Å². The summed E-state index contributed by atoms with van der Waals surface area (Å²) in [4.78, 5) is 49.3. The molecular weight excluding hydrogens is 431 g/mol. The molecule has 10 heteroatoms. The summed E-state index contributed by atoms with van der Waals surface area (Å²) >= 11 is 1.30. The number of benzene rings is 2. The molecule has 31 heavy (non-hydrogen) atoms. The van der Waals surface area contributed by atoms with Crippen molar-refractivity contribution in [1.29, 1.82) is 0 Å². The van der Waals surface area contributed by atoms with E-state index in [2.05, 4.69) is 5.32 Å². The fraction of sp³-hybridized carbons (Fsp3) is 0.238. The Morgan fingerprint density at radius 1 is 1.19 bits per heavy atom. The minimum atomic E-state index is -1.52. The number of esters is 1. The van der Waals surface area contributed by atoms with E-state index in [-0.39, 0.29) is 47.6 Å². The number of carboxylic acid groups (broad SMARTS) is 1. The van der Waals surface area contributed by atoms with Crippen LogP contribution in [0.4, 0.5) is 0 Å². The predicted molar refractivity (Wildman–Crippen MR) is 107 cm³/mol. The molecular formula is C21H17N2NaO6S. The Labute approximate surface area is 204 Å². The maximum absolute atomic E-state index is 12.8. The van der Waals surface area contributed by atoms with Gasteiger partial charge >= 0.3 is 35.5 Å². The molecule has 2 aliphatic rings. The molecule has 0 saturated carbocycles. The number of fused-ring (bicyclic) bond motifs is 2. The Balaban J connectivity index is 0.00000272. The number of nitrogens with one attached hydrogen (secondary N) is 1. The SMILES string of the molecule is CC(=O)OCC1=C(C(=O)[O-])N2C(=O)[C@@H](NC(=O)c3cccc4ccccc34)C2SC1.[Na+]. The second kappa shape index (κ2) is 9.44. The van der Waals surface area contributed by atoms with Crippen LogP contribution in [0.5, 0.6) is 0 Å². The zero-order valence-electron chi connectivity index (χ0n) is 16.9. The van der Waals surface area contributed by atoms with E-state index in [0.717, 1.165) is 15.7 Å². The molecule has 2 aromatic rings. The summed E-state index contributed by atoms with van der Waals surface area (Å²) in [6, 6.07) is 11.9. The molecule has 2 heterocycles. The van der Waals surface area contributed by atoms with Crippen LogP contribution in [0.1, 0.15) is 17.3 Å². The topological polar surface area (TPSA) is 116 Å². The number of aliphatic carboxylic acids is 1. The van der Waals surface area contributed by atoms with Crippen LogP contribution < -0.4 is 40.0 Å². The summed E-state index contributed by atoms with van der Waals surface area (Å²) < 4.78 is 4.89. The Morgan fingerprint density at radius 2 is 1.90 bits per heavy atom. The first-order valence-corrected chi connectivity index (χ1v) is 10.2. The molecule has 8 nitrogen and oxygen atoms in total. The van der Waals surface area contributed by atoms with Crippen molar-refractivity contribution in [3.8, 4) is 0 Å². The molecule has 1 fully saturated rings. The van der Waals surface area contributed by atoms with Gasteiger partial charge in [0.2, 0.25) is 0 Å². The van der Waals surface area contributed by atoms with Crippen molar-refractivity contribution in [1.82, 2.24) is 10.2 Å². The zero-order valence-corrected chi connectivity index (χ0v) is 19.7. The first-order valence-electron chi connectivity index (χ1n) is 9.18. The number of carboxylic acids is 1. The van der Waals surface area contributed by atoms with Gasteiger partial charge in [-0.25, -0.2) is 0 Å². The van der Waals surface area contributed by atoms with Gasteiger partial charge in [-0.05, 0) is 16.8 Å². The molecule has 4 rings (SSSR count). The van der Waals surface area contributed by atoms with Crippen molar-refractivity contribution in [2.45, 2.75) is 18.3 Å². The second-order valence-electron chi connectivity index (χ2n) is 6.91. The Hall–Kier alpha value is -2.33. The Morgan fingerprint density at radius 3 is 2.61 bits per heavy atom. The number of rotatable bonds is 5. The van der Waals surface area contributed by atoms with Crippen molar-refractivity contribution in [3.63, 3.8) is 0 Å². The number of ether oxygens (including phenoxy) is 1. The van der Waals surface area contributed by atoms with Crippen LogP contribution in [0.3, 0.4) is 0 Å². The maximum atomic E-state index is 12.8. The van der Waals surface area contributed by atoms with Crippen LogP contribution in [-0.2, 0) is 19.1 Å². The largest absolute Gasteiger partial charge is 1.00 e. The van der Waals surface area contributed by atoms with E-state index in [1.165, 1.54) is 18.7 Å². The quantitative estimate of drug-likeness (QED) is 0.304. The zero-order chi connectivity index (χ0) is 21.4. The number of carbonyl (C=O) groups is 4. The molecule has 0 spiro atoms. The van der Waals surface area contributed by atoms with Crippen LogP contribution in [0.25, 0.3) is 10.8 Å². The third-order valence-corrected chi connectivity index (χ3v) is 6.35. The normalized spacial score (nSPS) is 19.8. The molecule has 1 N–H and O–H groups in total. The predicted octanol–water partition coefficient (Wildman–Crippen LogP) is -2.58. The Bertz CT molecular complexity index is 1110. The van der Waals surface area contributed by atoms with Crippen molar-refractivity contribution < 1.29 is 58.6 Å². The molecule has 2 aromatic carbocycles. The first-order chi connectivity index (χ1) is 14.4. The third-order valence-electron chi connectivity index (χ3n) is 5.01. The van der Waals surface area contributed by atoms with E-state index in [4.69, 9.17) is 4.74 Å². The molecule has 0 aliphatic carbocycles. The molecule has 2 aliphatic heterocycles. The van der Waals surface area contributed by atoms with Gasteiger partial charge in [0.25, 0.3) is 11.8 Å².